The lowest BCUT2D eigenvalue weighted by Crippen LogP contribution is -2.35. The summed E-state index contributed by atoms with van der Waals surface area (Å²) in [5.41, 5.74) is 0.295. The lowest BCUT2D eigenvalue weighted by Gasteiger charge is -2.15. The third kappa shape index (κ3) is 3.79. The molecule has 1 amide bonds. The molecule has 16 heavy (non-hydrogen) atoms. The van der Waals surface area contributed by atoms with Gasteiger partial charge in [0.05, 0.1) is 0 Å². The highest BCUT2D eigenvalue weighted by molar-refractivity contribution is 6.29. The number of aliphatic hydroxyl groups excluding tert-OH is 1. The molecule has 4 nitrogen and oxygen atoms in total. The zero-order chi connectivity index (χ0) is 12.0. The quantitative estimate of drug-likeness (QED) is 0.772. The first-order valence-electron chi connectivity index (χ1n) is 5.21. The van der Waals surface area contributed by atoms with Crippen molar-refractivity contribution in [2.24, 2.45) is 0 Å². The number of hydrogen-bond donors (Lipinski definition) is 2. The first-order valence-corrected chi connectivity index (χ1v) is 5.59. The lowest BCUT2D eigenvalue weighted by atomic mass is 10.1. The van der Waals surface area contributed by atoms with Gasteiger partial charge in [0, 0.05) is 12.6 Å². The number of nitrogens with one attached hydrogen (secondary N) is 1. The second-order valence-corrected chi connectivity index (χ2v) is 3.82. The largest absolute Gasteiger partial charge is 0.396 e. The number of carbonyl (C=O) groups is 1. The Kier molecular flexibility index (Phi) is 5.22. The molecule has 0 aliphatic carbocycles. The zero-order valence-electron chi connectivity index (χ0n) is 9.11. The van der Waals surface area contributed by atoms with Crippen molar-refractivity contribution in [3.05, 3.63) is 29.0 Å². The molecular formula is C11H15ClN2O2. The molecule has 1 unspecified atom stereocenters. The van der Waals surface area contributed by atoms with E-state index < -0.39 is 0 Å². The van der Waals surface area contributed by atoms with Gasteiger partial charge >= 0.3 is 0 Å². The number of nitrogens with zero attached hydrogens (tertiary/aromatic N) is 1. The van der Waals surface area contributed by atoms with E-state index in [1.54, 1.807) is 18.2 Å². The standard InChI is InChI=1S/C11H15ClN2O2/c1-2-8(6-7-15)13-11(16)9-4-3-5-10(12)14-9/h3-5,8,15H,2,6-7H2,1H3,(H,13,16). The van der Waals surface area contributed by atoms with Crippen LogP contribution < -0.4 is 5.32 Å². The monoisotopic (exact) mass is 242 g/mol. The van der Waals surface area contributed by atoms with Crippen molar-refractivity contribution in [2.45, 2.75) is 25.8 Å². The Hall–Kier alpha value is -1.13. The molecule has 0 aromatic carbocycles. The number of pyridine rings is 1. The molecule has 0 aliphatic heterocycles. The number of aromatic nitrogens is 1. The second kappa shape index (κ2) is 6.45. The van der Waals surface area contributed by atoms with E-state index in [-0.39, 0.29) is 18.6 Å². The Bertz CT molecular complexity index is 358. The fourth-order valence-corrected chi connectivity index (χ4v) is 1.49. The summed E-state index contributed by atoms with van der Waals surface area (Å²) in [6.07, 6.45) is 1.32. The number of aliphatic hydroxyl groups is 1. The van der Waals surface area contributed by atoms with Crippen LogP contribution >= 0.6 is 11.6 Å². The molecule has 0 saturated heterocycles. The maximum atomic E-state index is 11.7. The fourth-order valence-electron chi connectivity index (χ4n) is 1.33. The fraction of sp³-hybridized carbons (Fsp3) is 0.455. The van der Waals surface area contributed by atoms with Crippen molar-refractivity contribution in [1.29, 1.82) is 0 Å². The Morgan fingerprint density at radius 3 is 2.94 bits per heavy atom. The Balaban J connectivity index is 2.64. The molecular weight excluding hydrogens is 228 g/mol. The molecule has 0 aliphatic rings. The second-order valence-electron chi connectivity index (χ2n) is 3.44. The summed E-state index contributed by atoms with van der Waals surface area (Å²) in [5.74, 6) is -0.261. The Morgan fingerprint density at radius 2 is 2.38 bits per heavy atom. The number of amides is 1. The Labute approximate surface area is 99.6 Å². The van der Waals surface area contributed by atoms with Gasteiger partial charge < -0.3 is 10.4 Å². The third-order valence-corrected chi connectivity index (χ3v) is 2.46. The van der Waals surface area contributed by atoms with E-state index in [0.717, 1.165) is 6.42 Å². The van der Waals surface area contributed by atoms with Crippen LogP contribution in [0.4, 0.5) is 0 Å². The van der Waals surface area contributed by atoms with E-state index in [1.807, 2.05) is 6.92 Å². The topological polar surface area (TPSA) is 62.2 Å². The summed E-state index contributed by atoms with van der Waals surface area (Å²) < 4.78 is 0. The molecule has 0 radical (unpaired) electrons. The highest BCUT2D eigenvalue weighted by Crippen LogP contribution is 2.06. The van der Waals surface area contributed by atoms with Crippen molar-refractivity contribution < 1.29 is 9.90 Å². The molecule has 0 bridgehead atoms. The lowest BCUT2D eigenvalue weighted by molar-refractivity contribution is 0.0924. The van der Waals surface area contributed by atoms with E-state index in [9.17, 15) is 4.79 Å². The van der Waals surface area contributed by atoms with Crippen molar-refractivity contribution in [1.82, 2.24) is 10.3 Å². The molecule has 0 spiro atoms. The van der Waals surface area contributed by atoms with Gasteiger partial charge in [0.25, 0.3) is 5.91 Å². The molecule has 5 heteroatoms. The van der Waals surface area contributed by atoms with E-state index in [1.165, 1.54) is 0 Å². The van der Waals surface area contributed by atoms with Gasteiger partial charge in [-0.2, -0.15) is 0 Å². The number of rotatable bonds is 5. The van der Waals surface area contributed by atoms with E-state index in [0.29, 0.717) is 17.3 Å². The highest BCUT2D eigenvalue weighted by Gasteiger charge is 2.12. The van der Waals surface area contributed by atoms with Crippen molar-refractivity contribution in [2.75, 3.05) is 6.61 Å². The van der Waals surface area contributed by atoms with Gasteiger partial charge in [0.1, 0.15) is 10.8 Å². The van der Waals surface area contributed by atoms with Crippen LogP contribution in [-0.4, -0.2) is 28.6 Å². The maximum Gasteiger partial charge on any atom is 0.270 e. The van der Waals surface area contributed by atoms with Gasteiger partial charge in [-0.15, -0.1) is 0 Å². The molecule has 1 aromatic rings. The summed E-state index contributed by atoms with van der Waals surface area (Å²) in [5, 5.41) is 11.9. The zero-order valence-corrected chi connectivity index (χ0v) is 9.87. The highest BCUT2D eigenvalue weighted by atomic mass is 35.5. The van der Waals surface area contributed by atoms with Crippen molar-refractivity contribution >= 4 is 17.5 Å². The number of hydrogen-bond acceptors (Lipinski definition) is 3. The predicted octanol–water partition coefficient (Wildman–Crippen LogP) is 1.63. The summed E-state index contributed by atoms with van der Waals surface area (Å²) in [6.45, 7) is 2.01. The van der Waals surface area contributed by atoms with Crippen LogP contribution in [0.1, 0.15) is 30.3 Å². The maximum absolute atomic E-state index is 11.7. The minimum atomic E-state index is -0.261. The molecule has 1 atom stereocenters. The normalized spacial score (nSPS) is 12.2. The van der Waals surface area contributed by atoms with Crippen LogP contribution in [0.15, 0.2) is 18.2 Å². The molecule has 1 rings (SSSR count). The molecule has 1 aromatic heterocycles. The first kappa shape index (κ1) is 12.9. The minimum Gasteiger partial charge on any atom is -0.396 e. The van der Waals surface area contributed by atoms with Crippen molar-refractivity contribution in [3.63, 3.8) is 0 Å². The number of halogens is 1. The van der Waals surface area contributed by atoms with Crippen LogP contribution in [0, 0.1) is 0 Å². The Morgan fingerprint density at radius 1 is 1.62 bits per heavy atom. The SMILES string of the molecule is CCC(CCO)NC(=O)c1cccc(Cl)n1. The molecule has 2 N–H and O–H groups in total. The van der Waals surface area contributed by atoms with Crippen molar-refractivity contribution in [3.8, 4) is 0 Å². The van der Waals surface area contributed by atoms with Gasteiger partial charge in [-0.3, -0.25) is 4.79 Å². The average Bonchev–Trinajstić information content (AvgIpc) is 2.28. The van der Waals surface area contributed by atoms with Crippen LogP contribution in [0.5, 0.6) is 0 Å². The van der Waals surface area contributed by atoms with E-state index in [4.69, 9.17) is 16.7 Å². The van der Waals surface area contributed by atoms with Gasteiger partial charge in [0.15, 0.2) is 0 Å². The van der Waals surface area contributed by atoms with Crippen LogP contribution in [0.3, 0.4) is 0 Å². The van der Waals surface area contributed by atoms with Gasteiger partial charge in [0.2, 0.25) is 0 Å². The minimum absolute atomic E-state index is 0.0294. The van der Waals surface area contributed by atoms with Crippen LogP contribution in [-0.2, 0) is 0 Å². The smallest absolute Gasteiger partial charge is 0.270 e. The molecule has 0 fully saturated rings. The van der Waals surface area contributed by atoms with Crippen LogP contribution in [0.25, 0.3) is 0 Å². The van der Waals surface area contributed by atoms with E-state index in [2.05, 4.69) is 10.3 Å². The summed E-state index contributed by atoms with van der Waals surface area (Å²) in [7, 11) is 0. The molecule has 0 saturated carbocycles. The average molecular weight is 243 g/mol. The third-order valence-electron chi connectivity index (χ3n) is 2.25. The van der Waals surface area contributed by atoms with Crippen LogP contribution in [0.2, 0.25) is 5.15 Å². The first-order chi connectivity index (χ1) is 7.67. The predicted molar refractivity (Wildman–Crippen MR) is 62.5 cm³/mol. The summed E-state index contributed by atoms with van der Waals surface area (Å²) in [4.78, 5) is 15.6. The van der Waals surface area contributed by atoms with Gasteiger partial charge in [-0.1, -0.05) is 24.6 Å². The summed E-state index contributed by atoms with van der Waals surface area (Å²) >= 11 is 5.69. The van der Waals surface area contributed by atoms with Gasteiger partial charge in [-0.25, -0.2) is 4.98 Å². The summed E-state index contributed by atoms with van der Waals surface area (Å²) in [6, 6.07) is 4.87. The number of carbonyl (C=O) groups excluding carboxylic acids is 1. The molecule has 1 heterocycles. The van der Waals surface area contributed by atoms with E-state index >= 15 is 0 Å². The molecule has 88 valence electrons. The van der Waals surface area contributed by atoms with Gasteiger partial charge in [-0.05, 0) is 25.0 Å².